The minimum atomic E-state index is -0.171. The van der Waals surface area contributed by atoms with Crippen LogP contribution in [0.5, 0.6) is 0 Å². The summed E-state index contributed by atoms with van der Waals surface area (Å²) < 4.78 is 0. The van der Waals surface area contributed by atoms with Crippen LogP contribution < -0.4 is 31.8 Å². The first kappa shape index (κ1) is 37.5. The van der Waals surface area contributed by atoms with E-state index in [2.05, 4.69) is 230 Å². The van der Waals surface area contributed by atoms with Crippen LogP contribution in [0.1, 0.15) is 0 Å². The zero-order valence-electron chi connectivity index (χ0n) is 25.8. The van der Waals surface area contributed by atoms with Crippen LogP contribution in [0, 0.1) is 0 Å². The molecule has 0 aliphatic heterocycles. The molecule has 0 radical (unpaired) electrons. The molecule has 0 heterocycles. The molecule has 0 unspecified atom stereocenters. The average Bonchev–Trinajstić information content (AvgIpc) is 3.14. The Balaban J connectivity index is 0.000000176. The summed E-state index contributed by atoms with van der Waals surface area (Å²) in [5, 5.41) is 8.63. The summed E-state index contributed by atoms with van der Waals surface area (Å²) in [5.41, 5.74) is 0. The van der Waals surface area contributed by atoms with Crippen molar-refractivity contribution < 1.29 is 11.1 Å². The number of rotatable bonds is 6. The Morgan fingerprint density at radius 3 is 0.511 bits per heavy atom. The van der Waals surface area contributed by atoms with Crippen LogP contribution >= 0.6 is 52.1 Å². The molecule has 0 aliphatic carbocycles. The molecule has 0 saturated carbocycles. The van der Waals surface area contributed by atoms with Crippen LogP contribution in [-0.4, -0.2) is 20.0 Å². The Morgan fingerprint density at radius 1 is 0.289 bits per heavy atom. The van der Waals surface area contributed by atoms with Gasteiger partial charge >= 0.3 is 39.5 Å². The standard InChI is InChI=1S/3C13H13P.2BrH.Co/c3*1-14(12-8-4-2-5-9-12)13-10-6-3-7-11-13;;;/h3*2-11H,1H3;2*1H;/q;;;;;+2/p-2. The quantitative estimate of drug-likeness (QED) is 0.147. The first-order chi connectivity index (χ1) is 22.0. The molecule has 0 saturated heterocycles. The van der Waals surface area contributed by atoms with E-state index in [1.165, 1.54) is 31.8 Å². The molecule has 0 aliphatic rings. The van der Waals surface area contributed by atoms with Gasteiger partial charge in [0.15, 0.2) is 0 Å². The molecule has 0 fully saturated rings. The van der Waals surface area contributed by atoms with Crippen molar-refractivity contribution in [1.29, 1.82) is 0 Å². The van der Waals surface area contributed by atoms with Crippen molar-refractivity contribution >= 4 is 83.9 Å². The van der Waals surface area contributed by atoms with Gasteiger partial charge in [-0.25, -0.2) is 0 Å². The molecule has 0 N–H and O–H groups in total. The maximum absolute atomic E-state index is 3.03. The fourth-order valence-electron chi connectivity index (χ4n) is 4.36. The van der Waals surface area contributed by atoms with E-state index in [4.69, 9.17) is 0 Å². The number of halogens is 2. The molecule has 6 heteroatoms. The van der Waals surface area contributed by atoms with E-state index in [0.29, 0.717) is 0 Å². The molecule has 0 aromatic heterocycles. The van der Waals surface area contributed by atoms with E-state index >= 15 is 0 Å². The van der Waals surface area contributed by atoms with Crippen molar-refractivity contribution in [3.05, 3.63) is 182 Å². The average molecular weight is 819 g/mol. The fourth-order valence-corrected chi connectivity index (χ4v) is 8.97. The van der Waals surface area contributed by atoms with Gasteiger partial charge in [-0.05, 0) is 75.6 Å². The molecule has 0 bridgehead atoms. The molecule has 0 spiro atoms. The van der Waals surface area contributed by atoms with Crippen molar-refractivity contribution in [3.63, 3.8) is 0 Å². The maximum atomic E-state index is 3.03. The molecule has 6 aromatic rings. The number of benzene rings is 6. The van der Waals surface area contributed by atoms with Crippen LogP contribution in [0.25, 0.3) is 0 Å². The van der Waals surface area contributed by atoms with Gasteiger partial charge in [0.1, 0.15) is 0 Å². The Bertz CT molecular complexity index is 1250. The van der Waals surface area contributed by atoms with Gasteiger partial charge in [0.25, 0.3) is 0 Å². The topological polar surface area (TPSA) is 0 Å². The number of hydrogen-bond acceptors (Lipinski definition) is 0. The zero-order valence-corrected chi connectivity index (χ0v) is 32.6. The van der Waals surface area contributed by atoms with E-state index in [-0.39, 0.29) is 23.8 Å². The molecule has 0 nitrogen and oxygen atoms in total. The molecule has 0 amide bonds. The predicted octanol–water partition coefficient (Wildman–Crippen LogP) is 9.94. The van der Waals surface area contributed by atoms with Crippen molar-refractivity contribution in [1.82, 2.24) is 0 Å². The second kappa shape index (κ2) is 22.6. The van der Waals surface area contributed by atoms with Gasteiger partial charge in [-0.1, -0.05) is 182 Å². The monoisotopic (exact) mass is 817 g/mol. The van der Waals surface area contributed by atoms with Gasteiger partial charge in [-0.2, -0.15) is 0 Å². The Labute approximate surface area is 294 Å². The van der Waals surface area contributed by atoms with E-state index < -0.39 is 0 Å². The zero-order chi connectivity index (χ0) is 32.1. The number of hydrogen-bond donors (Lipinski definition) is 0. The first-order valence-corrected chi connectivity index (χ1v) is 24.9. The molecular formula is C39H39Br2CoP3. The summed E-state index contributed by atoms with van der Waals surface area (Å²) in [6.45, 7) is 6.92. The third-order valence-electron chi connectivity index (χ3n) is 6.86. The van der Waals surface area contributed by atoms with Crippen molar-refractivity contribution in [2.45, 2.75) is 0 Å². The molecule has 6 aromatic carbocycles. The van der Waals surface area contributed by atoms with Crippen molar-refractivity contribution in [2.24, 2.45) is 0 Å². The van der Waals surface area contributed by atoms with E-state index in [1.807, 2.05) is 0 Å². The van der Waals surface area contributed by atoms with Crippen LogP contribution in [0.15, 0.2) is 182 Å². The summed E-state index contributed by atoms with van der Waals surface area (Å²) in [6.07, 6.45) is 0. The molecule has 45 heavy (non-hydrogen) atoms. The van der Waals surface area contributed by atoms with E-state index in [1.54, 1.807) is 0 Å². The van der Waals surface area contributed by atoms with Crippen LogP contribution in [-0.2, 0) is 11.1 Å². The van der Waals surface area contributed by atoms with Gasteiger partial charge < -0.3 is 0 Å². The Hall–Kier alpha value is -1.92. The second-order valence-corrected chi connectivity index (χ2v) is 21.4. The molecule has 6 rings (SSSR count). The minimum absolute atomic E-state index is 0.171. The van der Waals surface area contributed by atoms with Crippen molar-refractivity contribution in [2.75, 3.05) is 20.0 Å². The van der Waals surface area contributed by atoms with E-state index in [9.17, 15) is 0 Å². The SMILES string of the molecule is CP(c1ccccc1)c1ccccc1.CP(c1ccccc1)c1ccccc1.CP(c1ccccc1)c1ccccc1.[Br][Co][Br]. The summed E-state index contributed by atoms with van der Waals surface area (Å²) >= 11 is 7.12. The first-order valence-electron chi connectivity index (χ1n) is 14.4. The van der Waals surface area contributed by atoms with Gasteiger partial charge in [0.05, 0.1) is 0 Å². The predicted molar refractivity (Wildman–Crippen MR) is 213 cm³/mol. The van der Waals surface area contributed by atoms with Crippen LogP contribution in [0.2, 0.25) is 0 Å². The molecule has 233 valence electrons. The summed E-state index contributed by atoms with van der Waals surface area (Å²) in [7, 11) is -0.512. The second-order valence-electron chi connectivity index (χ2n) is 9.74. The Kier molecular flexibility index (Phi) is 18.8. The fraction of sp³-hybridized carbons (Fsp3) is 0.0769. The molecular weight excluding hydrogens is 780 g/mol. The van der Waals surface area contributed by atoms with Gasteiger partial charge in [0.2, 0.25) is 0 Å². The van der Waals surface area contributed by atoms with Gasteiger partial charge in [-0.15, -0.1) is 0 Å². The van der Waals surface area contributed by atoms with Crippen LogP contribution in [0.4, 0.5) is 0 Å². The third-order valence-corrected chi connectivity index (χ3v) is 13.3. The summed E-state index contributed by atoms with van der Waals surface area (Å²) in [5.74, 6) is 0. The molecule has 0 atom stereocenters. The van der Waals surface area contributed by atoms with Crippen molar-refractivity contribution in [3.8, 4) is 0 Å². The Morgan fingerprint density at radius 2 is 0.400 bits per heavy atom. The third kappa shape index (κ3) is 13.8. The van der Waals surface area contributed by atoms with E-state index in [0.717, 1.165) is 11.1 Å². The van der Waals surface area contributed by atoms with Gasteiger partial charge in [-0.3, -0.25) is 0 Å². The van der Waals surface area contributed by atoms with Gasteiger partial charge in [0, 0.05) is 0 Å². The summed E-state index contributed by atoms with van der Waals surface area (Å²) in [4.78, 5) is 0. The normalized spacial score (nSPS) is 10.2. The van der Waals surface area contributed by atoms with Crippen LogP contribution in [0.3, 0.4) is 0 Å². The summed E-state index contributed by atoms with van der Waals surface area (Å²) in [6, 6.07) is 64.2.